The summed E-state index contributed by atoms with van der Waals surface area (Å²) in [6, 6.07) is 12.2. The van der Waals surface area contributed by atoms with Crippen molar-refractivity contribution in [1.29, 1.82) is 0 Å². The molecule has 0 fully saturated rings. The molecule has 0 aliphatic carbocycles. The Morgan fingerprint density at radius 1 is 1.14 bits per heavy atom. The molecule has 0 atom stereocenters. The molecule has 2 aromatic rings. The molecule has 0 amide bonds. The maximum absolute atomic E-state index is 9.80. The molecule has 2 rings (SSSR count). The Morgan fingerprint density at radius 2 is 1.86 bits per heavy atom. The molecule has 0 unspecified atom stereocenters. The Balaban J connectivity index is 2.04. The highest BCUT2D eigenvalue weighted by Gasteiger charge is 2.08. The van der Waals surface area contributed by atoms with Gasteiger partial charge in [0.1, 0.15) is 0 Å². The van der Waals surface area contributed by atoms with Crippen LogP contribution >= 0.6 is 15.9 Å². The number of phenolic OH excluding ortho intramolecular Hbond substituents is 1. The van der Waals surface area contributed by atoms with Gasteiger partial charge in [-0.05, 0) is 57.7 Å². The Labute approximate surface area is 134 Å². The number of ether oxygens (including phenoxy) is 1. The zero-order chi connectivity index (χ0) is 15.2. The van der Waals surface area contributed by atoms with Gasteiger partial charge in [0.25, 0.3) is 0 Å². The van der Waals surface area contributed by atoms with Gasteiger partial charge >= 0.3 is 0 Å². The fraction of sp³-hybridized carbons (Fsp3) is 0.294. The second-order valence-corrected chi connectivity index (χ2v) is 5.78. The predicted octanol–water partition coefficient (Wildman–Crippen LogP) is 4.73. The standard InChI is InChI=1S/C17H20BrNO2/c1-3-4-12-5-7-14(8-6-12)19-11-13-9-15(18)17(20)16(10-13)21-2/h5-10,19-20H,3-4,11H2,1-2H3. The van der Waals surface area contributed by atoms with Gasteiger partial charge in [-0.15, -0.1) is 0 Å². The molecule has 0 saturated heterocycles. The smallest absolute Gasteiger partial charge is 0.172 e. The first-order valence-electron chi connectivity index (χ1n) is 7.02. The van der Waals surface area contributed by atoms with Crippen molar-refractivity contribution in [2.45, 2.75) is 26.3 Å². The maximum atomic E-state index is 9.80. The van der Waals surface area contributed by atoms with Crippen LogP contribution in [-0.4, -0.2) is 12.2 Å². The highest BCUT2D eigenvalue weighted by molar-refractivity contribution is 9.10. The number of benzene rings is 2. The van der Waals surface area contributed by atoms with E-state index in [2.05, 4.69) is 52.4 Å². The molecule has 2 N–H and O–H groups in total. The number of phenols is 1. The second-order valence-electron chi connectivity index (χ2n) is 4.93. The monoisotopic (exact) mass is 349 g/mol. The zero-order valence-electron chi connectivity index (χ0n) is 12.3. The lowest BCUT2D eigenvalue weighted by Crippen LogP contribution is -2.00. The molecule has 2 aromatic carbocycles. The number of methoxy groups -OCH3 is 1. The largest absolute Gasteiger partial charge is 0.503 e. The van der Waals surface area contributed by atoms with Gasteiger partial charge in [0.15, 0.2) is 11.5 Å². The van der Waals surface area contributed by atoms with Gasteiger partial charge in [-0.2, -0.15) is 0 Å². The maximum Gasteiger partial charge on any atom is 0.172 e. The minimum atomic E-state index is 0.130. The lowest BCUT2D eigenvalue weighted by molar-refractivity contribution is 0.371. The van der Waals surface area contributed by atoms with E-state index in [0.717, 1.165) is 24.1 Å². The van der Waals surface area contributed by atoms with Crippen LogP contribution < -0.4 is 10.1 Å². The molecule has 21 heavy (non-hydrogen) atoms. The summed E-state index contributed by atoms with van der Waals surface area (Å²) in [5, 5.41) is 13.2. The van der Waals surface area contributed by atoms with Crippen LogP contribution in [0.3, 0.4) is 0 Å². The summed E-state index contributed by atoms with van der Waals surface area (Å²) in [5.74, 6) is 0.602. The Bertz CT molecular complexity index is 596. The summed E-state index contributed by atoms with van der Waals surface area (Å²) in [7, 11) is 1.55. The summed E-state index contributed by atoms with van der Waals surface area (Å²) >= 11 is 3.33. The van der Waals surface area contributed by atoms with Crippen molar-refractivity contribution in [3.63, 3.8) is 0 Å². The fourth-order valence-electron chi connectivity index (χ4n) is 2.17. The Hall–Kier alpha value is -1.68. The number of rotatable bonds is 6. The molecule has 0 aromatic heterocycles. The number of halogens is 1. The third-order valence-electron chi connectivity index (χ3n) is 3.30. The van der Waals surface area contributed by atoms with E-state index in [0.29, 0.717) is 16.8 Å². The quantitative estimate of drug-likeness (QED) is 0.792. The van der Waals surface area contributed by atoms with Crippen LogP contribution in [0.2, 0.25) is 0 Å². The van der Waals surface area contributed by atoms with E-state index in [4.69, 9.17) is 4.74 Å². The van der Waals surface area contributed by atoms with Crippen molar-refractivity contribution in [2.75, 3.05) is 12.4 Å². The van der Waals surface area contributed by atoms with Crippen LogP contribution in [0.4, 0.5) is 5.69 Å². The number of hydrogen-bond acceptors (Lipinski definition) is 3. The van der Waals surface area contributed by atoms with Crippen molar-refractivity contribution in [1.82, 2.24) is 0 Å². The van der Waals surface area contributed by atoms with Gasteiger partial charge in [0.05, 0.1) is 11.6 Å². The van der Waals surface area contributed by atoms with Crippen LogP contribution in [0.5, 0.6) is 11.5 Å². The van der Waals surface area contributed by atoms with E-state index >= 15 is 0 Å². The topological polar surface area (TPSA) is 41.5 Å². The minimum absolute atomic E-state index is 0.130. The Morgan fingerprint density at radius 3 is 2.48 bits per heavy atom. The van der Waals surface area contributed by atoms with Crippen LogP contribution in [-0.2, 0) is 13.0 Å². The van der Waals surface area contributed by atoms with Gasteiger partial charge in [-0.3, -0.25) is 0 Å². The van der Waals surface area contributed by atoms with Gasteiger partial charge in [-0.25, -0.2) is 0 Å². The molecule has 0 bridgehead atoms. The van der Waals surface area contributed by atoms with Crippen molar-refractivity contribution in [3.8, 4) is 11.5 Å². The normalized spacial score (nSPS) is 10.4. The van der Waals surface area contributed by atoms with E-state index in [9.17, 15) is 5.11 Å². The molecule has 0 aliphatic rings. The van der Waals surface area contributed by atoms with Crippen molar-refractivity contribution in [2.24, 2.45) is 0 Å². The molecule has 112 valence electrons. The third kappa shape index (κ3) is 4.14. The molecule has 0 saturated carbocycles. The number of aryl methyl sites for hydroxylation is 1. The summed E-state index contributed by atoms with van der Waals surface area (Å²) in [6.07, 6.45) is 2.27. The second kappa shape index (κ2) is 7.36. The van der Waals surface area contributed by atoms with Gasteiger partial charge < -0.3 is 15.2 Å². The van der Waals surface area contributed by atoms with E-state index in [1.54, 1.807) is 7.11 Å². The molecular formula is C17H20BrNO2. The number of anilines is 1. The van der Waals surface area contributed by atoms with Gasteiger partial charge in [-0.1, -0.05) is 25.5 Å². The van der Waals surface area contributed by atoms with Crippen LogP contribution in [0, 0.1) is 0 Å². The highest BCUT2D eigenvalue weighted by atomic mass is 79.9. The minimum Gasteiger partial charge on any atom is -0.503 e. The summed E-state index contributed by atoms with van der Waals surface area (Å²) < 4.78 is 5.79. The molecule has 0 radical (unpaired) electrons. The zero-order valence-corrected chi connectivity index (χ0v) is 13.9. The van der Waals surface area contributed by atoms with Crippen LogP contribution in [0.25, 0.3) is 0 Å². The van der Waals surface area contributed by atoms with E-state index in [1.807, 2.05) is 12.1 Å². The average molecular weight is 350 g/mol. The molecule has 0 spiro atoms. The number of aromatic hydroxyl groups is 1. The van der Waals surface area contributed by atoms with Crippen LogP contribution in [0.15, 0.2) is 40.9 Å². The first-order valence-corrected chi connectivity index (χ1v) is 7.81. The summed E-state index contributed by atoms with van der Waals surface area (Å²) in [5.41, 5.74) is 3.48. The third-order valence-corrected chi connectivity index (χ3v) is 3.90. The Kier molecular flexibility index (Phi) is 5.51. The molecule has 4 heteroatoms. The lowest BCUT2D eigenvalue weighted by Gasteiger charge is -2.11. The summed E-state index contributed by atoms with van der Waals surface area (Å²) in [6.45, 7) is 2.85. The van der Waals surface area contributed by atoms with E-state index in [-0.39, 0.29) is 5.75 Å². The summed E-state index contributed by atoms with van der Waals surface area (Å²) in [4.78, 5) is 0. The average Bonchev–Trinajstić information content (AvgIpc) is 2.50. The van der Waals surface area contributed by atoms with E-state index in [1.165, 1.54) is 5.56 Å². The first kappa shape index (κ1) is 15.7. The van der Waals surface area contributed by atoms with Gasteiger partial charge in [0.2, 0.25) is 0 Å². The molecule has 0 heterocycles. The van der Waals surface area contributed by atoms with E-state index < -0.39 is 0 Å². The van der Waals surface area contributed by atoms with Crippen molar-refractivity contribution < 1.29 is 9.84 Å². The molecular weight excluding hydrogens is 330 g/mol. The molecule has 3 nitrogen and oxygen atoms in total. The van der Waals surface area contributed by atoms with Crippen LogP contribution in [0.1, 0.15) is 24.5 Å². The van der Waals surface area contributed by atoms with Crippen molar-refractivity contribution in [3.05, 3.63) is 52.0 Å². The first-order chi connectivity index (χ1) is 10.1. The fourth-order valence-corrected chi connectivity index (χ4v) is 2.66. The highest BCUT2D eigenvalue weighted by Crippen LogP contribution is 2.35. The SMILES string of the molecule is CCCc1ccc(NCc2cc(Br)c(O)c(OC)c2)cc1. The predicted molar refractivity (Wildman–Crippen MR) is 90.1 cm³/mol. The number of nitrogens with one attached hydrogen (secondary N) is 1. The van der Waals surface area contributed by atoms with Crippen molar-refractivity contribution >= 4 is 21.6 Å². The van der Waals surface area contributed by atoms with Gasteiger partial charge in [0, 0.05) is 12.2 Å². The lowest BCUT2D eigenvalue weighted by atomic mass is 10.1. The molecule has 0 aliphatic heterocycles. The number of hydrogen-bond donors (Lipinski definition) is 2.